The Morgan fingerprint density at radius 3 is 2.93 bits per heavy atom. The van der Waals surface area contributed by atoms with Crippen molar-refractivity contribution in [2.75, 3.05) is 5.73 Å². The summed E-state index contributed by atoms with van der Waals surface area (Å²) in [5.74, 6) is 3.81. The van der Waals surface area contributed by atoms with Crippen LogP contribution in [0.1, 0.15) is 31.4 Å². The first kappa shape index (κ1) is 9.25. The largest absolute Gasteiger partial charge is 0.382 e. The molecule has 0 radical (unpaired) electrons. The summed E-state index contributed by atoms with van der Waals surface area (Å²) >= 11 is 0. The molecule has 1 aromatic rings. The number of nitrogens with two attached hydrogens (primary N) is 1. The van der Waals surface area contributed by atoms with Crippen molar-refractivity contribution in [1.82, 2.24) is 9.78 Å². The molecule has 0 unspecified atom stereocenters. The molecule has 0 aromatic carbocycles. The summed E-state index contributed by atoms with van der Waals surface area (Å²) in [6.07, 6.45) is 5.76. The molecule has 2 aliphatic carbocycles. The highest BCUT2D eigenvalue weighted by Crippen LogP contribution is 2.55. The number of anilines is 1. The summed E-state index contributed by atoms with van der Waals surface area (Å²) in [6, 6.07) is 1.95. The third kappa shape index (κ3) is 1.87. The SMILES string of the molecule is Cc1cc(N)nn1CC[C@@H]1C[C@H]1C1CC1. The van der Waals surface area contributed by atoms with E-state index >= 15 is 0 Å². The monoisotopic (exact) mass is 205 g/mol. The highest BCUT2D eigenvalue weighted by atomic mass is 15.3. The van der Waals surface area contributed by atoms with Crippen LogP contribution >= 0.6 is 0 Å². The van der Waals surface area contributed by atoms with Gasteiger partial charge in [-0.05, 0) is 50.4 Å². The molecule has 0 amide bonds. The molecule has 1 heterocycles. The molecule has 3 nitrogen and oxygen atoms in total. The van der Waals surface area contributed by atoms with Crippen molar-refractivity contribution < 1.29 is 0 Å². The van der Waals surface area contributed by atoms with Crippen LogP contribution in [-0.4, -0.2) is 9.78 Å². The normalized spacial score (nSPS) is 29.4. The molecule has 2 aliphatic rings. The predicted octanol–water partition coefficient (Wildman–Crippen LogP) is 2.21. The van der Waals surface area contributed by atoms with Crippen molar-refractivity contribution in [3.63, 3.8) is 0 Å². The maximum atomic E-state index is 5.66. The summed E-state index contributed by atoms with van der Waals surface area (Å²) in [5.41, 5.74) is 6.85. The molecule has 3 rings (SSSR count). The Bertz CT molecular complexity index is 365. The maximum Gasteiger partial charge on any atom is 0.145 e. The molecular weight excluding hydrogens is 186 g/mol. The maximum absolute atomic E-state index is 5.66. The van der Waals surface area contributed by atoms with Crippen LogP contribution in [0.4, 0.5) is 5.82 Å². The lowest BCUT2D eigenvalue weighted by atomic mass is 10.2. The third-order valence-corrected chi connectivity index (χ3v) is 3.92. The zero-order chi connectivity index (χ0) is 10.4. The molecule has 2 atom stereocenters. The van der Waals surface area contributed by atoms with Gasteiger partial charge in [-0.25, -0.2) is 0 Å². The first-order valence-electron chi connectivity index (χ1n) is 6.04. The lowest BCUT2D eigenvalue weighted by molar-refractivity contribution is 0.503. The van der Waals surface area contributed by atoms with Crippen LogP contribution in [0, 0.1) is 24.7 Å². The Balaban J connectivity index is 1.51. The first-order chi connectivity index (χ1) is 7.24. The van der Waals surface area contributed by atoms with Gasteiger partial charge in [-0.15, -0.1) is 0 Å². The van der Waals surface area contributed by atoms with Gasteiger partial charge in [0.15, 0.2) is 0 Å². The number of hydrogen-bond donors (Lipinski definition) is 1. The Kier molecular flexibility index (Phi) is 2.01. The Labute approximate surface area is 90.7 Å². The van der Waals surface area contributed by atoms with E-state index in [1.54, 1.807) is 0 Å². The fourth-order valence-electron chi connectivity index (χ4n) is 2.75. The highest BCUT2D eigenvalue weighted by molar-refractivity contribution is 5.28. The molecule has 15 heavy (non-hydrogen) atoms. The fourth-order valence-corrected chi connectivity index (χ4v) is 2.75. The smallest absolute Gasteiger partial charge is 0.145 e. The van der Waals surface area contributed by atoms with E-state index in [0.717, 1.165) is 24.3 Å². The quantitative estimate of drug-likeness (QED) is 0.819. The standard InChI is InChI=1S/C12H19N3/c1-8-6-12(13)14-15(8)5-4-10-7-11(10)9-2-3-9/h6,9-11H,2-5,7H2,1H3,(H2,13,14)/t10-,11+/m1/s1. The molecule has 0 bridgehead atoms. The van der Waals surface area contributed by atoms with Crippen LogP contribution in [0.15, 0.2) is 6.07 Å². The van der Waals surface area contributed by atoms with Crippen LogP contribution in [-0.2, 0) is 6.54 Å². The van der Waals surface area contributed by atoms with E-state index in [0.29, 0.717) is 5.82 Å². The van der Waals surface area contributed by atoms with Crippen molar-refractivity contribution in [3.05, 3.63) is 11.8 Å². The van der Waals surface area contributed by atoms with Gasteiger partial charge in [-0.2, -0.15) is 5.10 Å². The topological polar surface area (TPSA) is 43.8 Å². The van der Waals surface area contributed by atoms with Crippen molar-refractivity contribution in [2.24, 2.45) is 17.8 Å². The average Bonchev–Trinajstić information content (AvgIpc) is 3.04. The van der Waals surface area contributed by atoms with E-state index in [9.17, 15) is 0 Å². The molecular formula is C12H19N3. The lowest BCUT2D eigenvalue weighted by Crippen LogP contribution is -2.04. The average molecular weight is 205 g/mol. The zero-order valence-electron chi connectivity index (χ0n) is 9.32. The molecule has 3 heteroatoms. The van der Waals surface area contributed by atoms with Crippen molar-refractivity contribution in [3.8, 4) is 0 Å². The Morgan fingerprint density at radius 2 is 2.33 bits per heavy atom. The first-order valence-corrected chi connectivity index (χ1v) is 6.04. The van der Waals surface area contributed by atoms with Crippen molar-refractivity contribution in [2.45, 2.75) is 39.2 Å². The van der Waals surface area contributed by atoms with Gasteiger partial charge >= 0.3 is 0 Å². The molecule has 2 fully saturated rings. The van der Waals surface area contributed by atoms with Gasteiger partial charge in [-0.3, -0.25) is 4.68 Å². The second-order valence-corrected chi connectivity index (χ2v) is 5.22. The second kappa shape index (κ2) is 3.26. The third-order valence-electron chi connectivity index (χ3n) is 3.92. The molecule has 2 N–H and O–H groups in total. The van der Waals surface area contributed by atoms with Crippen LogP contribution in [0.5, 0.6) is 0 Å². The minimum absolute atomic E-state index is 0.655. The molecule has 1 aromatic heterocycles. The summed E-state index contributed by atoms with van der Waals surface area (Å²) in [6.45, 7) is 3.13. The van der Waals surface area contributed by atoms with E-state index in [1.807, 2.05) is 6.07 Å². The van der Waals surface area contributed by atoms with Gasteiger partial charge in [0.2, 0.25) is 0 Å². The minimum Gasteiger partial charge on any atom is -0.382 e. The summed E-state index contributed by atoms with van der Waals surface area (Å²) in [5, 5.41) is 4.29. The number of aryl methyl sites for hydroxylation is 2. The number of nitrogen functional groups attached to an aromatic ring is 1. The van der Waals surface area contributed by atoms with Gasteiger partial charge in [0.25, 0.3) is 0 Å². The lowest BCUT2D eigenvalue weighted by Gasteiger charge is -2.03. The second-order valence-electron chi connectivity index (χ2n) is 5.22. The number of hydrogen-bond acceptors (Lipinski definition) is 2. The molecule has 0 spiro atoms. The molecule has 0 aliphatic heterocycles. The van der Waals surface area contributed by atoms with E-state index in [-0.39, 0.29) is 0 Å². The number of nitrogens with zero attached hydrogens (tertiary/aromatic N) is 2. The van der Waals surface area contributed by atoms with Crippen molar-refractivity contribution >= 4 is 5.82 Å². The van der Waals surface area contributed by atoms with E-state index in [1.165, 1.54) is 31.4 Å². The van der Waals surface area contributed by atoms with Crippen LogP contribution in [0.25, 0.3) is 0 Å². The number of rotatable bonds is 4. The summed E-state index contributed by atoms with van der Waals surface area (Å²) in [4.78, 5) is 0. The van der Waals surface area contributed by atoms with E-state index in [2.05, 4.69) is 16.7 Å². The predicted molar refractivity (Wildman–Crippen MR) is 60.3 cm³/mol. The van der Waals surface area contributed by atoms with Gasteiger partial charge in [0.1, 0.15) is 5.82 Å². The minimum atomic E-state index is 0.655. The van der Waals surface area contributed by atoms with Gasteiger partial charge in [-0.1, -0.05) is 0 Å². The van der Waals surface area contributed by atoms with Gasteiger partial charge in [0.05, 0.1) is 0 Å². The Hall–Kier alpha value is -0.990. The highest BCUT2D eigenvalue weighted by Gasteiger charge is 2.46. The van der Waals surface area contributed by atoms with Crippen LogP contribution in [0.3, 0.4) is 0 Å². The van der Waals surface area contributed by atoms with Gasteiger partial charge < -0.3 is 5.73 Å². The molecule has 82 valence electrons. The summed E-state index contributed by atoms with van der Waals surface area (Å²) in [7, 11) is 0. The van der Waals surface area contributed by atoms with Gasteiger partial charge in [0, 0.05) is 18.3 Å². The fraction of sp³-hybridized carbons (Fsp3) is 0.750. The Morgan fingerprint density at radius 1 is 1.53 bits per heavy atom. The van der Waals surface area contributed by atoms with Crippen LogP contribution in [0.2, 0.25) is 0 Å². The molecule has 0 saturated heterocycles. The van der Waals surface area contributed by atoms with E-state index < -0.39 is 0 Å². The van der Waals surface area contributed by atoms with Crippen LogP contribution < -0.4 is 5.73 Å². The number of aromatic nitrogens is 2. The van der Waals surface area contributed by atoms with Crippen molar-refractivity contribution in [1.29, 1.82) is 0 Å². The zero-order valence-corrected chi connectivity index (χ0v) is 9.32. The molecule has 2 saturated carbocycles. The van der Waals surface area contributed by atoms with E-state index in [4.69, 9.17) is 5.73 Å². The summed E-state index contributed by atoms with van der Waals surface area (Å²) < 4.78 is 2.05.